The van der Waals surface area contributed by atoms with Crippen molar-refractivity contribution >= 4 is 69.6 Å². The minimum atomic E-state index is -1.10. The molecule has 2 aromatic heterocycles. The number of aryl methyl sites for hydroxylation is 3. The molecule has 8 rings (SSSR count). The Morgan fingerprint density at radius 1 is 0.841 bits per heavy atom. The topological polar surface area (TPSA) is 261 Å². The summed E-state index contributed by atoms with van der Waals surface area (Å²) in [6.07, 6.45) is 1.53. The fraction of sp³-hybridized carbons (Fsp3) is 0.396. The van der Waals surface area contributed by atoms with Crippen LogP contribution < -0.4 is 26.4 Å². The molecule has 5 heterocycles. The van der Waals surface area contributed by atoms with Crippen molar-refractivity contribution in [1.29, 1.82) is 0 Å². The number of primary amides is 1. The Morgan fingerprint density at radius 2 is 1.55 bits per heavy atom. The second-order valence-electron chi connectivity index (χ2n) is 16.8. The predicted octanol–water partition coefficient (Wildman–Crippen LogP) is 3.14. The lowest BCUT2D eigenvalue weighted by Crippen LogP contribution is -2.54. The first kappa shape index (κ1) is 48.1. The molecular weight excluding hydrogens is 893 g/mol. The Kier molecular flexibility index (Phi) is 15.2. The Balaban J connectivity index is 0.683. The molecule has 21 nitrogen and oxygen atoms in total. The molecule has 5 N–H and O–H groups in total. The molecule has 0 radical (unpaired) electrons. The Morgan fingerprint density at radius 3 is 2.28 bits per heavy atom. The average molecular weight is 947 g/mol. The zero-order valence-electron chi connectivity index (χ0n) is 38.6. The summed E-state index contributed by atoms with van der Waals surface area (Å²) in [6.45, 7) is 6.83. The summed E-state index contributed by atoms with van der Waals surface area (Å²) in [6, 6.07) is 15.3. The van der Waals surface area contributed by atoms with E-state index < -0.39 is 41.7 Å². The number of ether oxygens (including phenoxy) is 5. The highest BCUT2D eigenvalue weighted by atomic mass is 16.6. The largest absolute Gasteiger partial charge is 0.481 e. The van der Waals surface area contributed by atoms with Gasteiger partial charge in [0.15, 0.2) is 17.6 Å². The molecule has 6 amide bonds. The number of nitrogens with zero attached hydrogens (tertiary/aromatic N) is 6. The molecule has 3 aliphatic rings. The van der Waals surface area contributed by atoms with Crippen LogP contribution >= 0.6 is 0 Å². The number of fused-ring (bicyclic) bond motifs is 3. The molecule has 1 saturated heterocycles. The molecule has 2 unspecified atom stereocenters. The highest BCUT2D eigenvalue weighted by Gasteiger charge is 2.45. The smallest absolute Gasteiger partial charge is 0.262 e. The summed E-state index contributed by atoms with van der Waals surface area (Å²) >= 11 is 0. The van der Waals surface area contributed by atoms with Crippen LogP contribution in [0.4, 0.5) is 23.1 Å². The molecule has 69 heavy (non-hydrogen) atoms. The number of hydrogen-bond donors (Lipinski definition) is 4. The van der Waals surface area contributed by atoms with Gasteiger partial charge in [0.25, 0.3) is 17.7 Å². The SMILES string of the molecule is Cc1cccc(C)c1Nc1nn(C)c2nc(Nc3ccc4c(c3)CN(C(=O)COCCOCCOCCOCCC(Oc3ccc5c(c3)C(=O)N(C3CCC(=O)NC3=O)C5=O)C(N)=O)CC4)ncc12. The van der Waals surface area contributed by atoms with Crippen LogP contribution in [0.5, 0.6) is 5.75 Å². The molecular formula is C48H54N10O11. The fourth-order valence-electron chi connectivity index (χ4n) is 8.35. The highest BCUT2D eigenvalue weighted by Crippen LogP contribution is 2.32. The van der Waals surface area contributed by atoms with Gasteiger partial charge in [0, 0.05) is 50.6 Å². The fourth-order valence-corrected chi connectivity index (χ4v) is 8.35. The first-order chi connectivity index (χ1) is 33.3. The molecule has 0 aliphatic carbocycles. The van der Waals surface area contributed by atoms with Gasteiger partial charge in [0.1, 0.15) is 18.4 Å². The number of nitrogens with one attached hydrogen (secondary N) is 3. The zero-order valence-corrected chi connectivity index (χ0v) is 38.6. The number of carbonyl (C=O) groups is 6. The van der Waals surface area contributed by atoms with Gasteiger partial charge in [0.05, 0.1) is 62.8 Å². The number of piperidine rings is 1. The summed E-state index contributed by atoms with van der Waals surface area (Å²) in [4.78, 5) is 87.2. The number of rotatable bonds is 22. The van der Waals surface area contributed by atoms with Crippen molar-refractivity contribution in [2.24, 2.45) is 12.8 Å². The van der Waals surface area contributed by atoms with Gasteiger partial charge in [-0.2, -0.15) is 10.1 Å². The summed E-state index contributed by atoms with van der Waals surface area (Å²) in [5.41, 5.74) is 12.6. The first-order valence-electron chi connectivity index (χ1n) is 22.7. The molecule has 2 atom stereocenters. The highest BCUT2D eigenvalue weighted by molar-refractivity contribution is 6.23. The molecule has 0 spiro atoms. The second-order valence-corrected chi connectivity index (χ2v) is 16.8. The van der Waals surface area contributed by atoms with E-state index in [2.05, 4.69) is 58.1 Å². The van der Waals surface area contributed by atoms with Crippen LogP contribution in [-0.2, 0) is 58.1 Å². The van der Waals surface area contributed by atoms with Crippen LogP contribution in [0, 0.1) is 13.8 Å². The third kappa shape index (κ3) is 11.3. The van der Waals surface area contributed by atoms with E-state index in [0.717, 1.165) is 44.8 Å². The summed E-state index contributed by atoms with van der Waals surface area (Å²) in [5.74, 6) is -2.15. The van der Waals surface area contributed by atoms with Crippen molar-refractivity contribution in [1.82, 2.24) is 34.9 Å². The third-order valence-electron chi connectivity index (χ3n) is 12.0. The van der Waals surface area contributed by atoms with Gasteiger partial charge in [-0.05, 0) is 79.3 Å². The molecule has 3 aliphatic heterocycles. The second kappa shape index (κ2) is 21.7. The van der Waals surface area contributed by atoms with Gasteiger partial charge < -0.3 is 45.0 Å². The Bertz CT molecular complexity index is 2760. The molecule has 3 aromatic carbocycles. The zero-order chi connectivity index (χ0) is 48.6. The number of anilines is 4. The lowest BCUT2D eigenvalue weighted by molar-refractivity contribution is -0.138. The van der Waals surface area contributed by atoms with E-state index >= 15 is 0 Å². The minimum absolute atomic E-state index is 0.00247. The lowest BCUT2D eigenvalue weighted by Gasteiger charge is -2.29. The van der Waals surface area contributed by atoms with Crippen LogP contribution in [0.15, 0.2) is 60.8 Å². The number of aromatic nitrogens is 4. The maximum atomic E-state index is 13.1. The maximum Gasteiger partial charge on any atom is 0.262 e. The maximum absolute atomic E-state index is 13.1. The number of hydrogen-bond acceptors (Lipinski definition) is 16. The number of carbonyl (C=O) groups excluding carboxylic acids is 6. The van der Waals surface area contributed by atoms with Gasteiger partial charge in [-0.3, -0.25) is 39.0 Å². The molecule has 5 aromatic rings. The predicted molar refractivity (Wildman–Crippen MR) is 249 cm³/mol. The Hall–Kier alpha value is -7.33. The van der Waals surface area contributed by atoms with Gasteiger partial charge in [-0.25, -0.2) is 9.67 Å². The molecule has 21 heteroatoms. The van der Waals surface area contributed by atoms with Gasteiger partial charge in [0.2, 0.25) is 23.7 Å². The van der Waals surface area contributed by atoms with E-state index in [0.29, 0.717) is 43.7 Å². The minimum Gasteiger partial charge on any atom is -0.481 e. The van der Waals surface area contributed by atoms with Crippen LogP contribution in [0.25, 0.3) is 11.0 Å². The van der Waals surface area contributed by atoms with Crippen molar-refractivity contribution in [2.75, 3.05) is 70.0 Å². The van der Waals surface area contributed by atoms with Crippen molar-refractivity contribution < 1.29 is 52.5 Å². The number of imide groups is 2. The van der Waals surface area contributed by atoms with Gasteiger partial charge >= 0.3 is 0 Å². The van der Waals surface area contributed by atoms with Crippen LogP contribution in [0.1, 0.15) is 62.2 Å². The summed E-state index contributed by atoms with van der Waals surface area (Å²) in [5, 5.41) is 14.4. The van der Waals surface area contributed by atoms with E-state index in [1.54, 1.807) is 15.8 Å². The Labute approximate surface area is 396 Å². The van der Waals surface area contributed by atoms with E-state index in [1.165, 1.54) is 23.8 Å². The van der Waals surface area contributed by atoms with E-state index in [4.69, 9.17) is 34.4 Å². The van der Waals surface area contributed by atoms with Gasteiger partial charge in [-0.1, -0.05) is 24.3 Å². The number of benzene rings is 3. The number of para-hydroxylation sites is 1. The molecule has 0 bridgehead atoms. The molecule has 362 valence electrons. The monoisotopic (exact) mass is 946 g/mol. The van der Waals surface area contributed by atoms with Crippen LogP contribution in [0.3, 0.4) is 0 Å². The van der Waals surface area contributed by atoms with Crippen molar-refractivity contribution in [3.63, 3.8) is 0 Å². The molecule has 0 saturated carbocycles. The van der Waals surface area contributed by atoms with Crippen molar-refractivity contribution in [3.05, 3.63) is 94.2 Å². The normalized spacial score (nSPS) is 16.1. The number of nitrogens with two attached hydrogens (primary N) is 1. The van der Waals surface area contributed by atoms with Crippen LogP contribution in [0.2, 0.25) is 0 Å². The quantitative estimate of drug-likeness (QED) is 0.0574. The van der Waals surface area contributed by atoms with E-state index in [9.17, 15) is 28.8 Å². The summed E-state index contributed by atoms with van der Waals surface area (Å²) in [7, 11) is 1.85. The molecule has 1 fully saturated rings. The average Bonchev–Trinajstić information content (AvgIpc) is 3.77. The van der Waals surface area contributed by atoms with E-state index in [-0.39, 0.29) is 81.7 Å². The van der Waals surface area contributed by atoms with Gasteiger partial charge in [-0.15, -0.1) is 0 Å². The first-order valence-corrected chi connectivity index (χ1v) is 22.7. The van der Waals surface area contributed by atoms with E-state index in [1.807, 2.05) is 25.2 Å². The summed E-state index contributed by atoms with van der Waals surface area (Å²) < 4.78 is 29.8. The van der Waals surface area contributed by atoms with Crippen LogP contribution in [-0.4, -0.2) is 137 Å². The third-order valence-corrected chi connectivity index (χ3v) is 12.0. The van der Waals surface area contributed by atoms with Crippen molar-refractivity contribution in [3.8, 4) is 5.75 Å². The standard InChI is InChI=1S/C48H54N10O11/c1-28-5-4-6-29(2)41(28)53-43-36-25-50-48(54-44(36)56(3)55-43)51-32-8-7-30-13-15-57(26-31(30)23-32)40(60)27-68-22-21-67-20-19-66-18-17-65-16-14-38(42(49)61)69-33-9-10-34-35(24-33)47(64)58(46(34)63)37-11-12-39(59)52-45(37)62/h4-10,23-25,37-38H,11-22,26-27H2,1-3H3,(H2,49,61)(H,53,55)(H,50,51,54)(H,52,59,62). The number of amides is 6. The lowest BCUT2D eigenvalue weighted by atomic mass is 9.99. The van der Waals surface area contributed by atoms with Crippen molar-refractivity contribution in [2.45, 2.75) is 58.2 Å².